The van der Waals surface area contributed by atoms with Gasteiger partial charge in [-0.2, -0.15) is 13.2 Å². The van der Waals surface area contributed by atoms with Crippen LogP contribution in [-0.2, 0) is 11.2 Å². The van der Waals surface area contributed by atoms with E-state index >= 15 is 0 Å². The average Bonchev–Trinajstić information content (AvgIpc) is 2.81. The van der Waals surface area contributed by atoms with E-state index in [0.29, 0.717) is 13.0 Å². The van der Waals surface area contributed by atoms with Crippen molar-refractivity contribution in [2.75, 3.05) is 26.7 Å². The lowest BCUT2D eigenvalue weighted by Gasteiger charge is -2.20. The Kier molecular flexibility index (Phi) is 5.05. The molecule has 2 heterocycles. The summed E-state index contributed by atoms with van der Waals surface area (Å²) in [5.41, 5.74) is 1.69. The highest BCUT2D eigenvalue weighted by molar-refractivity contribution is 5.79. The van der Waals surface area contributed by atoms with Crippen LogP contribution in [0.4, 0.5) is 13.2 Å². The van der Waals surface area contributed by atoms with Crippen molar-refractivity contribution in [2.45, 2.75) is 19.5 Å². The molecule has 2 rings (SSSR count). The second kappa shape index (κ2) is 6.64. The number of rotatable bonds is 4. The van der Waals surface area contributed by atoms with Crippen molar-refractivity contribution >= 4 is 5.91 Å². The smallest absolute Gasteiger partial charge is 0.355 e. The van der Waals surface area contributed by atoms with Crippen molar-refractivity contribution in [3.63, 3.8) is 0 Å². The SMILES string of the molecule is Cc1cccc(CCNC(=O)[C@@H]2CN(C)C[C@H]2C(F)(F)F)n1. The van der Waals surface area contributed by atoms with Gasteiger partial charge in [-0.05, 0) is 26.1 Å². The van der Waals surface area contributed by atoms with E-state index in [2.05, 4.69) is 10.3 Å². The number of amides is 1. The van der Waals surface area contributed by atoms with E-state index in [1.54, 1.807) is 11.9 Å². The maximum atomic E-state index is 13.0. The number of nitrogens with zero attached hydrogens (tertiary/aromatic N) is 2. The number of halogens is 3. The first-order chi connectivity index (χ1) is 10.3. The molecule has 0 spiro atoms. The van der Waals surface area contributed by atoms with Crippen molar-refractivity contribution in [3.8, 4) is 0 Å². The van der Waals surface area contributed by atoms with Crippen LogP contribution < -0.4 is 5.32 Å². The maximum absolute atomic E-state index is 13.0. The minimum Gasteiger partial charge on any atom is -0.355 e. The summed E-state index contributed by atoms with van der Waals surface area (Å²) in [4.78, 5) is 17.9. The molecule has 2 atom stereocenters. The summed E-state index contributed by atoms with van der Waals surface area (Å²) in [5.74, 6) is -3.15. The van der Waals surface area contributed by atoms with Crippen LogP contribution in [0.3, 0.4) is 0 Å². The van der Waals surface area contributed by atoms with Crippen molar-refractivity contribution in [2.24, 2.45) is 11.8 Å². The van der Waals surface area contributed by atoms with Gasteiger partial charge in [-0.25, -0.2) is 0 Å². The topological polar surface area (TPSA) is 45.2 Å². The molecule has 1 saturated heterocycles. The molecule has 122 valence electrons. The summed E-state index contributed by atoms with van der Waals surface area (Å²) in [6, 6.07) is 5.57. The number of aromatic nitrogens is 1. The van der Waals surface area contributed by atoms with E-state index in [1.165, 1.54) is 0 Å². The maximum Gasteiger partial charge on any atom is 0.393 e. The largest absolute Gasteiger partial charge is 0.393 e. The van der Waals surface area contributed by atoms with Gasteiger partial charge in [-0.3, -0.25) is 9.78 Å². The second-order valence-corrected chi connectivity index (χ2v) is 5.79. The highest BCUT2D eigenvalue weighted by Crippen LogP contribution is 2.37. The van der Waals surface area contributed by atoms with Crippen LogP contribution in [0.15, 0.2) is 18.2 Å². The van der Waals surface area contributed by atoms with E-state index in [0.717, 1.165) is 11.4 Å². The molecule has 1 fully saturated rings. The highest BCUT2D eigenvalue weighted by Gasteiger charge is 2.51. The van der Waals surface area contributed by atoms with Crippen molar-refractivity contribution < 1.29 is 18.0 Å². The number of carbonyl (C=O) groups excluding carboxylic acids is 1. The molecule has 1 aliphatic heterocycles. The lowest BCUT2D eigenvalue weighted by molar-refractivity contribution is -0.183. The molecule has 1 aromatic heterocycles. The molecule has 22 heavy (non-hydrogen) atoms. The summed E-state index contributed by atoms with van der Waals surface area (Å²) in [5, 5.41) is 2.61. The molecule has 0 aliphatic carbocycles. The van der Waals surface area contributed by atoms with Gasteiger partial charge in [-0.1, -0.05) is 6.07 Å². The predicted octanol–water partition coefficient (Wildman–Crippen LogP) is 1.79. The van der Waals surface area contributed by atoms with Gasteiger partial charge in [0.05, 0.1) is 11.8 Å². The Morgan fingerprint density at radius 2 is 2.14 bits per heavy atom. The first kappa shape index (κ1) is 16.7. The van der Waals surface area contributed by atoms with Gasteiger partial charge in [-0.15, -0.1) is 0 Å². The number of nitrogens with one attached hydrogen (secondary N) is 1. The fourth-order valence-corrected chi connectivity index (χ4v) is 2.78. The Hall–Kier alpha value is -1.63. The summed E-state index contributed by atoms with van der Waals surface area (Å²) < 4.78 is 38.9. The fraction of sp³-hybridized carbons (Fsp3) is 0.600. The number of pyridine rings is 1. The molecule has 0 saturated carbocycles. The first-order valence-electron chi connectivity index (χ1n) is 7.23. The van der Waals surface area contributed by atoms with Crippen molar-refractivity contribution in [1.29, 1.82) is 0 Å². The highest BCUT2D eigenvalue weighted by atomic mass is 19.4. The number of hydrogen-bond acceptors (Lipinski definition) is 3. The van der Waals surface area contributed by atoms with Crippen LogP contribution in [0, 0.1) is 18.8 Å². The van der Waals surface area contributed by atoms with Gasteiger partial charge in [0, 0.05) is 37.4 Å². The van der Waals surface area contributed by atoms with Crippen LogP contribution >= 0.6 is 0 Å². The Morgan fingerprint density at radius 1 is 1.41 bits per heavy atom. The Bertz CT molecular complexity index is 533. The normalized spacial score (nSPS) is 22.8. The van der Waals surface area contributed by atoms with E-state index in [-0.39, 0.29) is 13.1 Å². The average molecular weight is 315 g/mol. The van der Waals surface area contributed by atoms with Gasteiger partial charge in [0.2, 0.25) is 5.91 Å². The molecular formula is C15H20F3N3O. The lowest BCUT2D eigenvalue weighted by atomic mass is 9.94. The molecule has 0 aromatic carbocycles. The van der Waals surface area contributed by atoms with E-state index in [1.807, 2.05) is 25.1 Å². The van der Waals surface area contributed by atoms with Crippen LogP contribution in [-0.4, -0.2) is 48.6 Å². The molecule has 0 radical (unpaired) electrons. The Balaban J connectivity index is 1.89. The van der Waals surface area contributed by atoms with Gasteiger partial charge >= 0.3 is 6.18 Å². The number of aryl methyl sites for hydroxylation is 1. The Labute approximate surface area is 127 Å². The molecule has 1 aromatic rings. The molecule has 1 N–H and O–H groups in total. The zero-order valence-corrected chi connectivity index (χ0v) is 12.7. The van der Waals surface area contributed by atoms with Crippen LogP contribution in [0.25, 0.3) is 0 Å². The minimum atomic E-state index is -4.34. The van der Waals surface area contributed by atoms with Gasteiger partial charge in [0.15, 0.2) is 0 Å². The molecule has 0 bridgehead atoms. The third kappa shape index (κ3) is 4.19. The predicted molar refractivity (Wildman–Crippen MR) is 76.2 cm³/mol. The van der Waals surface area contributed by atoms with E-state index < -0.39 is 23.9 Å². The Morgan fingerprint density at radius 3 is 2.77 bits per heavy atom. The number of hydrogen-bond donors (Lipinski definition) is 1. The van der Waals surface area contributed by atoms with Crippen molar-refractivity contribution in [3.05, 3.63) is 29.6 Å². The van der Waals surface area contributed by atoms with E-state index in [4.69, 9.17) is 0 Å². The van der Waals surface area contributed by atoms with Crippen LogP contribution in [0.5, 0.6) is 0 Å². The molecule has 0 unspecified atom stereocenters. The van der Waals surface area contributed by atoms with Crippen molar-refractivity contribution in [1.82, 2.24) is 15.2 Å². The van der Waals surface area contributed by atoms with Crippen LogP contribution in [0.2, 0.25) is 0 Å². The van der Waals surface area contributed by atoms with Crippen LogP contribution in [0.1, 0.15) is 11.4 Å². The quantitative estimate of drug-likeness (QED) is 0.921. The summed E-state index contributed by atoms with van der Waals surface area (Å²) in [6.07, 6.45) is -3.84. The van der Waals surface area contributed by atoms with Gasteiger partial charge in [0.25, 0.3) is 0 Å². The monoisotopic (exact) mass is 315 g/mol. The lowest BCUT2D eigenvalue weighted by Crippen LogP contribution is -2.40. The van der Waals surface area contributed by atoms with Gasteiger partial charge < -0.3 is 10.2 Å². The third-order valence-electron chi connectivity index (χ3n) is 3.89. The standard InChI is InChI=1S/C15H20F3N3O/c1-10-4-3-5-11(20-10)6-7-19-14(22)12-8-21(2)9-13(12)15(16,17)18/h3-5,12-13H,6-9H2,1-2H3,(H,19,22)/t12-,13-/m1/s1. The van der Waals surface area contributed by atoms with E-state index in [9.17, 15) is 18.0 Å². The third-order valence-corrected chi connectivity index (χ3v) is 3.89. The van der Waals surface area contributed by atoms with Gasteiger partial charge in [0.1, 0.15) is 0 Å². The minimum absolute atomic E-state index is 0.124. The summed E-state index contributed by atoms with van der Waals surface area (Å²) in [6.45, 7) is 2.17. The first-order valence-corrected chi connectivity index (χ1v) is 7.23. The number of carbonyl (C=O) groups is 1. The second-order valence-electron chi connectivity index (χ2n) is 5.79. The summed E-state index contributed by atoms with van der Waals surface area (Å²) in [7, 11) is 1.60. The number of likely N-dealkylation sites (tertiary alicyclic amines) is 1. The molecule has 1 amide bonds. The zero-order valence-electron chi connectivity index (χ0n) is 12.7. The fourth-order valence-electron chi connectivity index (χ4n) is 2.78. The molecule has 7 heteroatoms. The summed E-state index contributed by atoms with van der Waals surface area (Å²) >= 11 is 0. The number of alkyl halides is 3. The molecule has 1 aliphatic rings. The molecular weight excluding hydrogens is 295 g/mol. The zero-order chi connectivity index (χ0) is 16.3. The molecule has 4 nitrogen and oxygen atoms in total.